The number of para-hydroxylation sites is 1. The van der Waals surface area contributed by atoms with Crippen molar-refractivity contribution in [3.8, 4) is 11.8 Å². The van der Waals surface area contributed by atoms with Crippen LogP contribution >= 0.6 is 0 Å². The minimum Gasteiger partial charge on any atom is -0.495 e. The lowest BCUT2D eigenvalue weighted by atomic mass is 10.1. The zero-order chi connectivity index (χ0) is 15.2. The molecule has 2 aromatic rings. The Morgan fingerprint density at radius 2 is 2.19 bits per heavy atom. The minimum atomic E-state index is 0.498. The Hall–Kier alpha value is -2.81. The molecule has 0 aliphatic heterocycles. The third-order valence-corrected chi connectivity index (χ3v) is 2.92. The maximum Gasteiger partial charge on any atom is 0.224 e. The average molecular weight is 283 g/mol. The van der Waals surface area contributed by atoms with Crippen molar-refractivity contribution in [1.29, 1.82) is 5.26 Å². The van der Waals surface area contributed by atoms with Crippen LogP contribution in [0.5, 0.6) is 5.75 Å². The maximum atomic E-state index is 9.23. The maximum absolute atomic E-state index is 9.23. The second-order valence-corrected chi connectivity index (χ2v) is 4.38. The number of ether oxygens (including phenoxy) is 1. The Bertz CT molecular complexity index is 678. The first kappa shape index (κ1) is 14.6. The van der Waals surface area contributed by atoms with Gasteiger partial charge >= 0.3 is 0 Å². The summed E-state index contributed by atoms with van der Waals surface area (Å²) in [6.45, 7) is 4.62. The summed E-state index contributed by atoms with van der Waals surface area (Å²) < 4.78 is 5.31. The smallest absolute Gasteiger partial charge is 0.224 e. The monoisotopic (exact) mass is 283 g/mol. The molecule has 2 N–H and O–H groups in total. The van der Waals surface area contributed by atoms with Crippen molar-refractivity contribution in [2.45, 2.75) is 13.8 Å². The SMILES string of the molecule is CCNc1ncc(C)c(Nc2c(C#N)cccc2OC)n1. The second-order valence-electron chi connectivity index (χ2n) is 4.38. The molecular weight excluding hydrogens is 266 g/mol. The third kappa shape index (κ3) is 3.20. The van der Waals surface area contributed by atoms with Gasteiger partial charge in [-0.2, -0.15) is 10.2 Å². The van der Waals surface area contributed by atoms with Crippen LogP contribution in [0.4, 0.5) is 17.5 Å². The predicted octanol–water partition coefficient (Wildman–Crippen LogP) is 2.84. The number of nitrogens with one attached hydrogen (secondary N) is 2. The van der Waals surface area contributed by atoms with E-state index < -0.39 is 0 Å². The molecule has 6 heteroatoms. The lowest BCUT2D eigenvalue weighted by molar-refractivity contribution is 0.416. The first-order valence-electron chi connectivity index (χ1n) is 6.61. The van der Waals surface area contributed by atoms with E-state index in [1.54, 1.807) is 31.5 Å². The van der Waals surface area contributed by atoms with Gasteiger partial charge in [0.05, 0.1) is 12.7 Å². The number of benzene rings is 1. The van der Waals surface area contributed by atoms with E-state index in [1.807, 2.05) is 13.8 Å². The van der Waals surface area contributed by atoms with Gasteiger partial charge in [0.15, 0.2) is 0 Å². The van der Waals surface area contributed by atoms with E-state index in [9.17, 15) is 5.26 Å². The van der Waals surface area contributed by atoms with Crippen molar-refractivity contribution < 1.29 is 4.74 Å². The lowest BCUT2D eigenvalue weighted by Crippen LogP contribution is -2.06. The Labute approximate surface area is 123 Å². The highest BCUT2D eigenvalue weighted by Gasteiger charge is 2.12. The summed E-state index contributed by atoms with van der Waals surface area (Å²) in [6.07, 6.45) is 1.73. The summed E-state index contributed by atoms with van der Waals surface area (Å²) in [5.74, 6) is 1.78. The molecule has 108 valence electrons. The van der Waals surface area contributed by atoms with Crippen LogP contribution in [0.15, 0.2) is 24.4 Å². The molecule has 0 saturated heterocycles. The summed E-state index contributed by atoms with van der Waals surface area (Å²) in [6, 6.07) is 7.45. The number of aromatic nitrogens is 2. The number of nitriles is 1. The van der Waals surface area contributed by atoms with E-state index in [1.165, 1.54) is 0 Å². The van der Waals surface area contributed by atoms with Crippen molar-refractivity contribution in [1.82, 2.24) is 9.97 Å². The number of aryl methyl sites for hydroxylation is 1. The molecule has 1 aromatic heterocycles. The molecule has 1 heterocycles. The molecule has 2 rings (SSSR count). The van der Waals surface area contributed by atoms with Crippen molar-refractivity contribution >= 4 is 17.5 Å². The van der Waals surface area contributed by atoms with Gasteiger partial charge in [-0.3, -0.25) is 0 Å². The van der Waals surface area contributed by atoms with Gasteiger partial charge in [-0.1, -0.05) is 6.07 Å². The van der Waals surface area contributed by atoms with Gasteiger partial charge < -0.3 is 15.4 Å². The molecule has 0 bridgehead atoms. The van der Waals surface area contributed by atoms with Crippen LogP contribution in [0.3, 0.4) is 0 Å². The molecule has 0 aliphatic carbocycles. The fraction of sp³-hybridized carbons (Fsp3) is 0.267. The molecule has 6 nitrogen and oxygen atoms in total. The van der Waals surface area contributed by atoms with E-state index in [0.717, 1.165) is 12.1 Å². The highest BCUT2D eigenvalue weighted by atomic mass is 16.5. The van der Waals surface area contributed by atoms with Crippen LogP contribution in [0.1, 0.15) is 18.1 Å². The lowest BCUT2D eigenvalue weighted by Gasteiger charge is -2.14. The van der Waals surface area contributed by atoms with Crippen LogP contribution < -0.4 is 15.4 Å². The molecule has 1 aromatic carbocycles. The van der Waals surface area contributed by atoms with Gasteiger partial charge in [-0.05, 0) is 26.0 Å². The molecule has 0 aliphatic rings. The third-order valence-electron chi connectivity index (χ3n) is 2.92. The number of nitrogens with zero attached hydrogens (tertiary/aromatic N) is 3. The topological polar surface area (TPSA) is 82.9 Å². The summed E-state index contributed by atoms with van der Waals surface area (Å²) in [5, 5.41) is 15.5. The number of hydrogen-bond acceptors (Lipinski definition) is 6. The van der Waals surface area contributed by atoms with Gasteiger partial charge in [-0.25, -0.2) is 4.98 Å². The zero-order valence-corrected chi connectivity index (χ0v) is 12.3. The summed E-state index contributed by atoms with van der Waals surface area (Å²) in [4.78, 5) is 8.61. The van der Waals surface area contributed by atoms with Crippen molar-refractivity contribution in [2.24, 2.45) is 0 Å². The largest absolute Gasteiger partial charge is 0.495 e. The number of hydrogen-bond donors (Lipinski definition) is 2. The minimum absolute atomic E-state index is 0.498. The van der Waals surface area contributed by atoms with E-state index in [0.29, 0.717) is 28.8 Å². The molecule has 0 radical (unpaired) electrons. The molecule has 0 atom stereocenters. The summed E-state index contributed by atoms with van der Waals surface area (Å²) in [7, 11) is 1.57. The van der Waals surface area contributed by atoms with Crippen molar-refractivity contribution in [2.75, 3.05) is 24.3 Å². The average Bonchev–Trinajstić information content (AvgIpc) is 2.51. The molecule has 0 saturated carbocycles. The Morgan fingerprint density at radius 1 is 1.38 bits per heavy atom. The highest BCUT2D eigenvalue weighted by Crippen LogP contribution is 2.31. The molecular formula is C15H17N5O. The highest BCUT2D eigenvalue weighted by molar-refractivity contribution is 5.72. The number of anilines is 3. The Balaban J connectivity index is 2.42. The molecule has 0 unspecified atom stereocenters. The fourth-order valence-corrected chi connectivity index (χ4v) is 1.85. The standard InChI is InChI=1S/C15H17N5O/c1-4-17-15-18-9-10(2)14(20-15)19-13-11(8-16)6-5-7-12(13)21-3/h5-7,9H,4H2,1-3H3,(H2,17,18,19,20). The van der Waals surface area contributed by atoms with Crippen LogP contribution in [-0.4, -0.2) is 23.6 Å². The van der Waals surface area contributed by atoms with Crippen molar-refractivity contribution in [3.63, 3.8) is 0 Å². The van der Waals surface area contributed by atoms with Crippen molar-refractivity contribution in [3.05, 3.63) is 35.5 Å². The van der Waals surface area contributed by atoms with Gasteiger partial charge in [0, 0.05) is 18.3 Å². The van der Waals surface area contributed by atoms with Gasteiger partial charge in [0.25, 0.3) is 0 Å². The van der Waals surface area contributed by atoms with E-state index in [-0.39, 0.29) is 0 Å². The van der Waals surface area contributed by atoms with Gasteiger partial charge in [0.2, 0.25) is 5.95 Å². The molecule has 21 heavy (non-hydrogen) atoms. The second kappa shape index (κ2) is 6.57. The van der Waals surface area contributed by atoms with E-state index >= 15 is 0 Å². The molecule has 0 spiro atoms. The van der Waals surface area contributed by atoms with Crippen LogP contribution in [0.2, 0.25) is 0 Å². The quantitative estimate of drug-likeness (QED) is 0.878. The van der Waals surface area contributed by atoms with Gasteiger partial charge in [-0.15, -0.1) is 0 Å². The normalized spacial score (nSPS) is 9.81. The number of rotatable bonds is 5. The first-order chi connectivity index (χ1) is 10.2. The predicted molar refractivity (Wildman–Crippen MR) is 81.9 cm³/mol. The van der Waals surface area contributed by atoms with E-state index in [2.05, 4.69) is 26.7 Å². The molecule has 0 amide bonds. The Kier molecular flexibility index (Phi) is 4.57. The van der Waals surface area contributed by atoms with Crippen LogP contribution in [0, 0.1) is 18.3 Å². The fourth-order valence-electron chi connectivity index (χ4n) is 1.85. The number of methoxy groups -OCH3 is 1. The Morgan fingerprint density at radius 3 is 2.86 bits per heavy atom. The zero-order valence-electron chi connectivity index (χ0n) is 12.3. The summed E-state index contributed by atoms with van der Waals surface area (Å²) >= 11 is 0. The van der Waals surface area contributed by atoms with E-state index in [4.69, 9.17) is 4.74 Å². The van der Waals surface area contributed by atoms with Gasteiger partial charge in [0.1, 0.15) is 23.3 Å². The van der Waals surface area contributed by atoms with Crippen LogP contribution in [-0.2, 0) is 0 Å². The summed E-state index contributed by atoms with van der Waals surface area (Å²) in [5.41, 5.74) is 1.98. The van der Waals surface area contributed by atoms with Crippen LogP contribution in [0.25, 0.3) is 0 Å². The molecule has 0 fully saturated rings. The first-order valence-corrected chi connectivity index (χ1v) is 6.61.